The molecule has 78 valence electrons. The van der Waals surface area contributed by atoms with Crippen molar-refractivity contribution < 1.29 is 54.6 Å². The van der Waals surface area contributed by atoms with Crippen LogP contribution in [0.5, 0.6) is 0 Å². The summed E-state index contributed by atoms with van der Waals surface area (Å²) in [6, 6.07) is 0. The molecule has 0 fully saturated rings. The standard InChI is InChI=1S/C5H14OSi.Na.H4O4Si.H/c1-4-5(2,3)6-7;;1-5(2,3)4;/h4H2,1-3,7H3;;1-4H;/q;+1;;-1. The molecule has 0 unspecified atom stereocenters. The molecule has 0 aromatic heterocycles. The van der Waals surface area contributed by atoms with E-state index in [4.69, 9.17) is 23.6 Å². The van der Waals surface area contributed by atoms with Crippen LogP contribution in [0.25, 0.3) is 0 Å². The summed E-state index contributed by atoms with van der Waals surface area (Å²) >= 11 is 0. The Morgan fingerprint density at radius 1 is 1.31 bits per heavy atom. The van der Waals surface area contributed by atoms with Gasteiger partial charge in [0, 0.05) is 5.60 Å². The van der Waals surface area contributed by atoms with Gasteiger partial charge in [-0.25, -0.2) is 0 Å². The van der Waals surface area contributed by atoms with Gasteiger partial charge in [0.25, 0.3) is 0 Å². The molecule has 0 heterocycles. The fourth-order valence-corrected chi connectivity index (χ4v) is 0.433. The van der Waals surface area contributed by atoms with Crippen LogP contribution in [-0.4, -0.2) is 44.3 Å². The normalized spacial score (nSPS) is 11.3. The van der Waals surface area contributed by atoms with Crippen molar-refractivity contribution in [2.45, 2.75) is 32.8 Å². The fraction of sp³-hybridized carbons (Fsp3) is 1.00. The summed E-state index contributed by atoms with van der Waals surface area (Å²) in [4.78, 5) is 29.3. The van der Waals surface area contributed by atoms with Gasteiger partial charge in [-0.2, -0.15) is 0 Å². The van der Waals surface area contributed by atoms with Gasteiger partial charge in [0.05, 0.1) is 0 Å². The van der Waals surface area contributed by atoms with Gasteiger partial charge in [0.1, 0.15) is 10.5 Å². The molecule has 0 aromatic rings. The van der Waals surface area contributed by atoms with Gasteiger partial charge in [-0.3, -0.25) is 0 Å². The molecular formula is C5H19NaO5Si2. The van der Waals surface area contributed by atoms with E-state index in [1.165, 1.54) is 0 Å². The minimum Gasteiger partial charge on any atom is -1.00 e. The minimum absolute atomic E-state index is 0. The first-order valence-electron chi connectivity index (χ1n) is 3.57. The maximum absolute atomic E-state index is 7.33. The van der Waals surface area contributed by atoms with Crippen LogP contribution in [0, 0.1) is 0 Å². The van der Waals surface area contributed by atoms with E-state index in [1.807, 2.05) is 0 Å². The SMILES string of the molecule is CCC(C)(C)O[SiH3].O[Si](O)(O)O.[H-].[Na+]. The van der Waals surface area contributed by atoms with Crippen molar-refractivity contribution in [2.75, 3.05) is 0 Å². The maximum Gasteiger partial charge on any atom is 1.00 e. The average molecular weight is 238 g/mol. The van der Waals surface area contributed by atoms with Crippen LogP contribution in [0.1, 0.15) is 28.6 Å². The van der Waals surface area contributed by atoms with Crippen LogP contribution in [-0.2, 0) is 4.43 Å². The Balaban J connectivity index is -0.0000000651. The zero-order chi connectivity index (χ0) is 10.4. The Morgan fingerprint density at radius 3 is 1.54 bits per heavy atom. The molecule has 0 spiro atoms. The Bertz CT molecular complexity index is 109. The second-order valence-electron chi connectivity index (χ2n) is 2.92. The van der Waals surface area contributed by atoms with E-state index < -0.39 is 9.05 Å². The predicted octanol–water partition coefficient (Wildman–Crippen LogP) is -5.02. The molecular weight excluding hydrogens is 219 g/mol. The van der Waals surface area contributed by atoms with Crippen molar-refractivity contribution in [3.63, 3.8) is 0 Å². The number of hydrogen-bond donors (Lipinski definition) is 4. The smallest absolute Gasteiger partial charge is 1.00 e. The summed E-state index contributed by atoms with van der Waals surface area (Å²) in [5, 5.41) is 0. The van der Waals surface area contributed by atoms with Crippen LogP contribution in [0.4, 0.5) is 0 Å². The topological polar surface area (TPSA) is 90.2 Å². The third-order valence-corrected chi connectivity index (χ3v) is 2.51. The van der Waals surface area contributed by atoms with Crippen molar-refractivity contribution in [2.24, 2.45) is 0 Å². The van der Waals surface area contributed by atoms with Gasteiger partial charge in [0.15, 0.2) is 0 Å². The monoisotopic (exact) mass is 238 g/mol. The quantitative estimate of drug-likeness (QED) is 0.362. The molecule has 0 radical (unpaired) electrons. The third kappa shape index (κ3) is 31.9. The van der Waals surface area contributed by atoms with Gasteiger partial charge in [-0.05, 0) is 20.3 Å². The largest absolute Gasteiger partial charge is 1.00 e. The Morgan fingerprint density at radius 2 is 1.54 bits per heavy atom. The molecule has 4 N–H and O–H groups in total. The molecule has 5 nitrogen and oxygen atoms in total. The molecule has 0 saturated carbocycles. The first-order chi connectivity index (χ1) is 5.12. The number of hydrogen-bond acceptors (Lipinski definition) is 5. The van der Waals surface area contributed by atoms with Gasteiger partial charge in [0.2, 0.25) is 0 Å². The molecule has 0 amide bonds. The van der Waals surface area contributed by atoms with Gasteiger partial charge in [-0.15, -0.1) is 0 Å². The molecule has 0 saturated heterocycles. The summed E-state index contributed by atoms with van der Waals surface area (Å²) in [7, 11) is -3.75. The first-order valence-corrected chi connectivity index (χ1v) is 6.17. The van der Waals surface area contributed by atoms with E-state index in [-0.39, 0.29) is 36.6 Å². The molecule has 13 heavy (non-hydrogen) atoms. The summed E-state index contributed by atoms with van der Waals surface area (Å²) in [5.41, 5.74) is 0.145. The molecule has 0 aliphatic heterocycles. The fourth-order valence-electron chi connectivity index (χ4n) is 0.144. The van der Waals surface area contributed by atoms with E-state index in [1.54, 1.807) is 0 Å². The van der Waals surface area contributed by atoms with Crippen molar-refractivity contribution in [3.05, 3.63) is 0 Å². The average Bonchev–Trinajstić information content (AvgIpc) is 1.85. The summed E-state index contributed by atoms with van der Waals surface area (Å²) in [6.07, 6.45) is 1.11. The van der Waals surface area contributed by atoms with E-state index in [2.05, 4.69) is 20.8 Å². The zero-order valence-corrected chi connectivity index (χ0v) is 13.9. The number of rotatable bonds is 2. The van der Waals surface area contributed by atoms with Crippen LogP contribution in [0.2, 0.25) is 0 Å². The van der Waals surface area contributed by atoms with Crippen molar-refractivity contribution in [1.29, 1.82) is 0 Å². The van der Waals surface area contributed by atoms with Crippen molar-refractivity contribution in [1.82, 2.24) is 0 Å². The second kappa shape index (κ2) is 8.53. The van der Waals surface area contributed by atoms with E-state index >= 15 is 0 Å². The second-order valence-corrected chi connectivity index (χ2v) is 4.53. The van der Waals surface area contributed by atoms with Crippen LogP contribution < -0.4 is 29.6 Å². The van der Waals surface area contributed by atoms with E-state index in [9.17, 15) is 0 Å². The van der Waals surface area contributed by atoms with Gasteiger partial charge < -0.3 is 25.0 Å². The Kier molecular flexibility index (Phi) is 13.0. The van der Waals surface area contributed by atoms with E-state index in [0.29, 0.717) is 0 Å². The van der Waals surface area contributed by atoms with Crippen LogP contribution in [0.3, 0.4) is 0 Å². The molecule has 0 rings (SSSR count). The molecule has 0 atom stereocenters. The predicted molar refractivity (Wildman–Crippen MR) is 51.1 cm³/mol. The summed E-state index contributed by atoms with van der Waals surface area (Å²) in [6.45, 7) is 6.36. The van der Waals surface area contributed by atoms with E-state index in [0.717, 1.165) is 16.9 Å². The summed E-state index contributed by atoms with van der Waals surface area (Å²) in [5.74, 6) is 0. The van der Waals surface area contributed by atoms with Crippen molar-refractivity contribution >= 4 is 19.5 Å². The van der Waals surface area contributed by atoms with Crippen LogP contribution >= 0.6 is 0 Å². The zero-order valence-electron chi connectivity index (χ0n) is 9.90. The molecule has 0 aliphatic rings. The van der Waals surface area contributed by atoms with Crippen LogP contribution in [0.15, 0.2) is 0 Å². The Hall–Kier alpha value is 1.23. The minimum atomic E-state index is -4.61. The third-order valence-electron chi connectivity index (χ3n) is 1.40. The van der Waals surface area contributed by atoms with Gasteiger partial charge >= 0.3 is 38.6 Å². The van der Waals surface area contributed by atoms with Gasteiger partial charge in [-0.1, -0.05) is 6.92 Å². The molecule has 0 aliphatic carbocycles. The molecule has 0 aromatic carbocycles. The Labute approximate surface area is 107 Å². The summed E-state index contributed by atoms with van der Waals surface area (Å²) < 4.78 is 5.23. The first kappa shape index (κ1) is 19.8. The maximum atomic E-state index is 7.33. The van der Waals surface area contributed by atoms with Crippen molar-refractivity contribution in [3.8, 4) is 0 Å². The molecule has 8 heteroatoms. The molecule has 0 bridgehead atoms.